The van der Waals surface area contributed by atoms with Crippen molar-refractivity contribution in [3.05, 3.63) is 64.1 Å². The first-order valence-electron chi connectivity index (χ1n) is 6.82. The fourth-order valence-corrected chi connectivity index (χ4v) is 2.35. The number of amides is 1. The molecule has 5 nitrogen and oxygen atoms in total. The van der Waals surface area contributed by atoms with Crippen molar-refractivity contribution < 1.29 is 9.53 Å². The Balaban J connectivity index is 1.86. The first kappa shape index (κ1) is 17.2. The first-order valence-corrected chi connectivity index (χ1v) is 8.02. The van der Waals surface area contributed by atoms with Crippen LogP contribution in [0.25, 0.3) is 0 Å². The fraction of sp³-hybridized carbons (Fsp3) is 0.125. The van der Waals surface area contributed by atoms with Crippen molar-refractivity contribution in [1.29, 1.82) is 0 Å². The van der Waals surface area contributed by atoms with Crippen LogP contribution in [0.1, 0.15) is 15.9 Å². The molecule has 0 aliphatic heterocycles. The number of carbonyl (C=O) groups is 1. The van der Waals surface area contributed by atoms with Gasteiger partial charge in [-0.05, 0) is 36.0 Å². The van der Waals surface area contributed by atoms with Gasteiger partial charge < -0.3 is 10.1 Å². The van der Waals surface area contributed by atoms with Crippen LogP contribution in [0.15, 0.2) is 53.0 Å². The lowest BCUT2D eigenvalue weighted by Gasteiger charge is -2.13. The maximum absolute atomic E-state index is 12.2. The summed E-state index contributed by atoms with van der Waals surface area (Å²) in [5.74, 6) is 0.141. The number of thiocarbonyl (C=S) groups is 1. The van der Waals surface area contributed by atoms with Gasteiger partial charge >= 0.3 is 0 Å². The molecule has 3 N–H and O–H groups in total. The number of hydrogen-bond donors (Lipinski definition) is 3. The normalized spacial score (nSPS) is 9.83. The Hall–Kier alpha value is -2.12. The van der Waals surface area contributed by atoms with E-state index in [4.69, 9.17) is 17.0 Å². The third-order valence-corrected chi connectivity index (χ3v) is 3.73. The summed E-state index contributed by atoms with van der Waals surface area (Å²) in [6, 6.07) is 15.0. The van der Waals surface area contributed by atoms with E-state index in [1.165, 1.54) is 7.11 Å². The van der Waals surface area contributed by atoms with Gasteiger partial charge in [0.25, 0.3) is 5.91 Å². The zero-order chi connectivity index (χ0) is 16.7. The van der Waals surface area contributed by atoms with Gasteiger partial charge in [0.15, 0.2) is 5.11 Å². The van der Waals surface area contributed by atoms with Crippen LogP contribution < -0.4 is 20.9 Å². The molecule has 0 saturated carbocycles. The smallest absolute Gasteiger partial charge is 0.273 e. The second kappa shape index (κ2) is 8.50. The number of hydrazine groups is 1. The fourth-order valence-electron chi connectivity index (χ4n) is 1.86. The van der Waals surface area contributed by atoms with Gasteiger partial charge in [-0.2, -0.15) is 0 Å². The maximum atomic E-state index is 12.2. The van der Waals surface area contributed by atoms with Crippen LogP contribution in [0, 0.1) is 0 Å². The lowest BCUT2D eigenvalue weighted by atomic mass is 10.2. The van der Waals surface area contributed by atoms with E-state index in [9.17, 15) is 4.79 Å². The van der Waals surface area contributed by atoms with Gasteiger partial charge in [0, 0.05) is 11.0 Å². The largest absolute Gasteiger partial charge is 0.496 e. The molecule has 0 spiro atoms. The summed E-state index contributed by atoms with van der Waals surface area (Å²) in [6.07, 6.45) is 0. The molecular weight excluding hydrogens is 378 g/mol. The molecule has 0 aliphatic rings. The predicted octanol–water partition coefficient (Wildman–Crippen LogP) is 2.77. The van der Waals surface area contributed by atoms with Crippen LogP contribution in [-0.4, -0.2) is 18.1 Å². The van der Waals surface area contributed by atoms with E-state index in [1.54, 1.807) is 18.2 Å². The Kier molecular flexibility index (Phi) is 6.37. The summed E-state index contributed by atoms with van der Waals surface area (Å²) in [4.78, 5) is 12.2. The van der Waals surface area contributed by atoms with Crippen molar-refractivity contribution in [2.45, 2.75) is 6.54 Å². The minimum Gasteiger partial charge on any atom is -0.496 e. The molecule has 0 radical (unpaired) electrons. The Morgan fingerprint density at radius 2 is 1.91 bits per heavy atom. The molecule has 0 atom stereocenters. The molecule has 23 heavy (non-hydrogen) atoms. The zero-order valence-electron chi connectivity index (χ0n) is 12.4. The Labute approximate surface area is 148 Å². The third kappa shape index (κ3) is 5.22. The first-order chi connectivity index (χ1) is 11.1. The molecule has 0 heterocycles. The number of methoxy groups -OCH3 is 1. The van der Waals surface area contributed by atoms with Crippen LogP contribution in [0.2, 0.25) is 0 Å². The summed E-state index contributed by atoms with van der Waals surface area (Å²) in [5, 5.41) is 3.34. The van der Waals surface area contributed by atoms with Crippen LogP contribution in [0.5, 0.6) is 5.75 Å². The number of ether oxygens (including phenoxy) is 1. The molecule has 120 valence electrons. The second-order valence-electron chi connectivity index (χ2n) is 4.59. The van der Waals surface area contributed by atoms with Crippen molar-refractivity contribution in [3.8, 4) is 5.75 Å². The van der Waals surface area contributed by atoms with E-state index in [1.807, 2.05) is 30.3 Å². The summed E-state index contributed by atoms with van der Waals surface area (Å²) in [5.41, 5.74) is 6.71. The van der Waals surface area contributed by atoms with Crippen LogP contribution >= 0.6 is 28.1 Å². The number of rotatable bonds is 4. The highest BCUT2D eigenvalue weighted by Gasteiger charge is 2.12. The number of carbonyl (C=O) groups excluding carboxylic acids is 1. The Morgan fingerprint density at radius 3 is 2.61 bits per heavy atom. The lowest BCUT2D eigenvalue weighted by Crippen LogP contribution is -2.46. The molecular formula is C16H16BrN3O2S. The molecule has 0 bridgehead atoms. The van der Waals surface area contributed by atoms with Gasteiger partial charge in [0.1, 0.15) is 5.75 Å². The zero-order valence-corrected chi connectivity index (χ0v) is 14.8. The van der Waals surface area contributed by atoms with E-state index in [2.05, 4.69) is 32.1 Å². The molecule has 0 fully saturated rings. The monoisotopic (exact) mass is 393 g/mol. The van der Waals surface area contributed by atoms with E-state index in [0.717, 1.165) is 10.0 Å². The Morgan fingerprint density at radius 1 is 1.17 bits per heavy atom. The number of nitrogens with one attached hydrogen (secondary N) is 3. The van der Waals surface area contributed by atoms with Crippen molar-refractivity contribution in [2.75, 3.05) is 7.11 Å². The van der Waals surface area contributed by atoms with E-state index in [-0.39, 0.29) is 5.91 Å². The van der Waals surface area contributed by atoms with Crippen LogP contribution in [-0.2, 0) is 6.54 Å². The number of benzene rings is 2. The van der Waals surface area contributed by atoms with Crippen LogP contribution in [0.4, 0.5) is 0 Å². The van der Waals surface area contributed by atoms with Gasteiger partial charge in [-0.15, -0.1) is 0 Å². The summed E-state index contributed by atoms with van der Waals surface area (Å²) < 4.78 is 5.96. The number of halogens is 1. The van der Waals surface area contributed by atoms with Crippen molar-refractivity contribution in [3.63, 3.8) is 0 Å². The average molecular weight is 394 g/mol. The molecule has 7 heteroatoms. The molecule has 0 aromatic heterocycles. The van der Waals surface area contributed by atoms with Gasteiger partial charge in [-0.3, -0.25) is 15.6 Å². The highest BCUT2D eigenvalue weighted by molar-refractivity contribution is 9.10. The SMILES string of the molecule is COc1ccc(Br)cc1C(=O)NNC(=S)NCc1ccccc1. The molecule has 0 unspecified atom stereocenters. The molecule has 0 aliphatic carbocycles. The van der Waals surface area contributed by atoms with Gasteiger partial charge in [-0.1, -0.05) is 46.3 Å². The minimum absolute atomic E-state index is 0.330. The van der Waals surface area contributed by atoms with Gasteiger partial charge in [0.05, 0.1) is 12.7 Å². The van der Waals surface area contributed by atoms with Crippen molar-refractivity contribution in [1.82, 2.24) is 16.2 Å². The van der Waals surface area contributed by atoms with Gasteiger partial charge in [0.2, 0.25) is 0 Å². The molecule has 2 rings (SSSR count). The lowest BCUT2D eigenvalue weighted by molar-refractivity contribution is 0.0940. The molecule has 2 aromatic carbocycles. The molecule has 2 aromatic rings. The van der Waals surface area contributed by atoms with E-state index >= 15 is 0 Å². The quantitative estimate of drug-likeness (QED) is 0.550. The van der Waals surface area contributed by atoms with E-state index in [0.29, 0.717) is 23.0 Å². The average Bonchev–Trinajstić information content (AvgIpc) is 2.58. The topological polar surface area (TPSA) is 62.4 Å². The van der Waals surface area contributed by atoms with Crippen molar-refractivity contribution >= 4 is 39.2 Å². The summed E-state index contributed by atoms with van der Waals surface area (Å²) in [6.45, 7) is 0.572. The summed E-state index contributed by atoms with van der Waals surface area (Å²) >= 11 is 8.46. The third-order valence-electron chi connectivity index (χ3n) is 2.99. The number of hydrogen-bond acceptors (Lipinski definition) is 3. The highest BCUT2D eigenvalue weighted by atomic mass is 79.9. The standard InChI is InChI=1S/C16H16BrN3O2S/c1-22-14-8-7-12(17)9-13(14)15(21)19-20-16(23)18-10-11-5-3-2-4-6-11/h2-9H,10H2,1H3,(H,19,21)(H2,18,20,23). The van der Waals surface area contributed by atoms with Crippen LogP contribution in [0.3, 0.4) is 0 Å². The Bertz CT molecular complexity index is 695. The molecule has 0 saturated heterocycles. The minimum atomic E-state index is -0.341. The van der Waals surface area contributed by atoms with E-state index < -0.39 is 0 Å². The van der Waals surface area contributed by atoms with Gasteiger partial charge in [-0.25, -0.2) is 0 Å². The highest BCUT2D eigenvalue weighted by Crippen LogP contribution is 2.22. The van der Waals surface area contributed by atoms with Crippen molar-refractivity contribution in [2.24, 2.45) is 0 Å². The maximum Gasteiger partial charge on any atom is 0.273 e. The summed E-state index contributed by atoms with van der Waals surface area (Å²) in [7, 11) is 1.51. The molecule has 1 amide bonds. The predicted molar refractivity (Wildman–Crippen MR) is 97.2 cm³/mol. The second-order valence-corrected chi connectivity index (χ2v) is 5.92.